The molecule has 376 valence electrons. The number of aliphatic hydroxyl groups excluding tert-OH is 4. The Morgan fingerprint density at radius 3 is 1.07 bits per heavy atom. The molecule has 12 heteroatoms. The Bertz CT molecular complexity index is 2960. The van der Waals surface area contributed by atoms with E-state index < -0.39 is 24.4 Å². The molecule has 0 saturated heterocycles. The van der Waals surface area contributed by atoms with Crippen molar-refractivity contribution < 1.29 is 40.9 Å². The summed E-state index contributed by atoms with van der Waals surface area (Å²) in [6.07, 6.45) is -1.94. The van der Waals surface area contributed by atoms with Crippen molar-refractivity contribution in [3.05, 3.63) is 214 Å². The van der Waals surface area contributed by atoms with Gasteiger partial charge in [-0.25, -0.2) is 0 Å². The lowest BCUT2D eigenvalue weighted by Crippen LogP contribution is -2.12. The summed E-state index contributed by atoms with van der Waals surface area (Å²) < 4.78 is 0. The first kappa shape index (κ1) is 57.4. The minimum Gasteiger partial charge on any atom is -0.507 e. The van der Waals surface area contributed by atoms with Crippen LogP contribution in [0, 0.1) is 27.7 Å². The highest BCUT2D eigenvalue weighted by atomic mass is 31.1. The molecule has 8 nitrogen and oxygen atoms in total. The lowest BCUT2D eigenvalue weighted by molar-refractivity contribution is 0.200. The van der Waals surface area contributed by atoms with Gasteiger partial charge in [0.2, 0.25) is 0 Å². The van der Waals surface area contributed by atoms with Crippen LogP contribution in [0.1, 0.15) is 96.6 Å². The highest BCUT2D eigenvalue weighted by molar-refractivity contribution is 7.56. The van der Waals surface area contributed by atoms with Crippen LogP contribution in [0.2, 0.25) is 0 Å². The van der Waals surface area contributed by atoms with Gasteiger partial charge in [0.25, 0.3) is 0 Å². The molecule has 8 aromatic carbocycles. The number of aromatic hydroxyl groups is 4. The van der Waals surface area contributed by atoms with E-state index in [1.165, 1.54) is 0 Å². The molecule has 0 aliphatic heterocycles. The first-order valence-electron chi connectivity index (χ1n) is 23.7. The number of hydrogen-bond acceptors (Lipinski definition) is 8. The number of benzene rings is 8. The minimum atomic E-state index is -0.489. The Hall–Kier alpha value is -5.48. The van der Waals surface area contributed by atoms with Crippen LogP contribution >= 0.6 is 34.3 Å². The van der Waals surface area contributed by atoms with Gasteiger partial charge in [-0.05, 0) is 140 Å². The normalized spacial score (nSPS) is 13.1. The van der Waals surface area contributed by atoms with E-state index in [4.69, 9.17) is 0 Å². The molecule has 0 saturated carbocycles. The summed E-state index contributed by atoms with van der Waals surface area (Å²) in [5.74, 6) is 1.35. The number of phenolic OH excluding ortho intramolecular Hbond substituents is 4. The van der Waals surface area contributed by atoms with Crippen LogP contribution < -0.4 is 42.4 Å². The zero-order valence-electron chi connectivity index (χ0n) is 42.1. The fraction of sp³-hybridized carbons (Fsp3) is 0.200. The van der Waals surface area contributed by atoms with Gasteiger partial charge in [-0.1, -0.05) is 185 Å². The Balaban J connectivity index is 0.000000178. The maximum absolute atomic E-state index is 10.2. The number of phenols is 4. The second-order valence-corrected chi connectivity index (χ2v) is 22.8. The molecule has 0 spiro atoms. The largest absolute Gasteiger partial charge is 0.507 e. The highest BCUT2D eigenvalue weighted by Crippen LogP contribution is 2.28. The molecule has 0 aliphatic carbocycles. The van der Waals surface area contributed by atoms with E-state index in [0.717, 1.165) is 86.9 Å². The zero-order chi connectivity index (χ0) is 52.5. The molecule has 0 bridgehead atoms. The van der Waals surface area contributed by atoms with Crippen LogP contribution in [-0.4, -0.2) is 40.9 Å². The van der Waals surface area contributed by atoms with Crippen molar-refractivity contribution in [1.29, 1.82) is 0 Å². The number of aliphatic hydroxyl groups is 4. The number of para-hydroxylation sites is 2. The summed E-state index contributed by atoms with van der Waals surface area (Å²) in [6, 6.07) is 53.9. The van der Waals surface area contributed by atoms with E-state index in [1.807, 2.05) is 185 Å². The van der Waals surface area contributed by atoms with Gasteiger partial charge in [-0.2, -0.15) is 0 Å². The number of rotatable bonds is 12. The van der Waals surface area contributed by atoms with E-state index in [1.54, 1.807) is 39.8 Å². The van der Waals surface area contributed by atoms with Gasteiger partial charge < -0.3 is 40.9 Å². The maximum Gasteiger partial charge on any atom is 0.126 e. The molecule has 72 heavy (non-hydrogen) atoms. The molecule has 0 radical (unpaired) electrons. The second-order valence-electron chi connectivity index (χ2n) is 17.5. The molecule has 0 aliphatic rings. The quantitative estimate of drug-likeness (QED) is 0.0562. The second kappa shape index (κ2) is 28.1. The Labute approximate surface area is 432 Å². The lowest BCUT2D eigenvalue weighted by atomic mass is 10.1. The van der Waals surface area contributed by atoms with E-state index in [2.05, 4.69) is 0 Å². The predicted octanol–water partition coefficient (Wildman–Crippen LogP) is 9.53. The van der Waals surface area contributed by atoms with Gasteiger partial charge in [-0.3, -0.25) is 0 Å². The van der Waals surface area contributed by atoms with Crippen LogP contribution in [0.5, 0.6) is 23.0 Å². The van der Waals surface area contributed by atoms with Crippen LogP contribution in [0.25, 0.3) is 0 Å². The van der Waals surface area contributed by atoms with Crippen molar-refractivity contribution in [3.63, 3.8) is 0 Å². The van der Waals surface area contributed by atoms with Gasteiger partial charge in [0.1, 0.15) is 23.0 Å². The first-order chi connectivity index (χ1) is 34.3. The average Bonchev–Trinajstić information content (AvgIpc) is 3.35. The highest BCUT2D eigenvalue weighted by Gasteiger charge is 2.14. The lowest BCUT2D eigenvalue weighted by Gasteiger charge is -2.14. The van der Waals surface area contributed by atoms with E-state index in [9.17, 15) is 40.9 Å². The van der Waals surface area contributed by atoms with Crippen LogP contribution in [0.4, 0.5) is 0 Å². The fourth-order valence-electron chi connectivity index (χ4n) is 7.63. The van der Waals surface area contributed by atoms with Crippen molar-refractivity contribution in [3.8, 4) is 23.0 Å². The van der Waals surface area contributed by atoms with Gasteiger partial charge in [-0.15, -0.1) is 0 Å². The SMILES string of the molecule is CC(O)c1ccccc1Pc1ccccc1O.Cc1cc(C)c(O)c(Pc2ccccc2C(C)O)c1.Cc1ccc(O)c(Pc2ccccc2C(C)O)c1.Cc1cccc(Pc2ccccc2C(C)O)c1O. The topological polar surface area (TPSA) is 162 Å². The van der Waals surface area contributed by atoms with E-state index >= 15 is 0 Å². The molecular formula is C60H68O8P4. The van der Waals surface area contributed by atoms with Crippen molar-refractivity contribution in [1.82, 2.24) is 0 Å². The average molecular weight is 1040 g/mol. The zero-order valence-corrected chi connectivity index (χ0v) is 46.1. The van der Waals surface area contributed by atoms with E-state index in [0.29, 0.717) is 57.3 Å². The summed E-state index contributed by atoms with van der Waals surface area (Å²) in [6.45, 7) is 14.9. The molecule has 0 amide bonds. The molecule has 0 fully saturated rings. The summed E-state index contributed by atoms with van der Waals surface area (Å²) >= 11 is 0. The van der Waals surface area contributed by atoms with Gasteiger partial charge in [0, 0.05) is 21.2 Å². The van der Waals surface area contributed by atoms with Gasteiger partial charge in [0.05, 0.1) is 24.4 Å². The third-order valence-electron chi connectivity index (χ3n) is 11.5. The molecular weight excluding hydrogens is 973 g/mol. The van der Waals surface area contributed by atoms with Crippen molar-refractivity contribution in [2.75, 3.05) is 0 Å². The summed E-state index contributed by atoms with van der Waals surface area (Å²) in [7, 11) is 1.41. The molecule has 8 N–H and O–H groups in total. The summed E-state index contributed by atoms with van der Waals surface area (Å²) in [4.78, 5) is 0. The van der Waals surface area contributed by atoms with Crippen molar-refractivity contribution in [2.45, 2.75) is 79.8 Å². The Morgan fingerprint density at radius 2 is 0.625 bits per heavy atom. The van der Waals surface area contributed by atoms with Gasteiger partial charge in [0.15, 0.2) is 0 Å². The fourth-order valence-corrected chi connectivity index (χ4v) is 13.3. The third-order valence-corrected chi connectivity index (χ3v) is 17.0. The minimum absolute atomic E-state index is 0.311. The summed E-state index contributed by atoms with van der Waals surface area (Å²) in [5, 5.41) is 86.8. The van der Waals surface area contributed by atoms with Crippen molar-refractivity contribution in [2.24, 2.45) is 0 Å². The smallest absolute Gasteiger partial charge is 0.126 e. The van der Waals surface area contributed by atoms with Crippen LogP contribution in [0.3, 0.4) is 0 Å². The standard InChI is InChI=1S/C16H19O2P.2C15H17O2P.C14H15O2P/c1-10-8-11(2)16(18)15(9-10)19-14-7-5-4-6-13(14)12(3)17;1-10-6-5-9-14(15(10)17)18-13-8-4-3-7-12(13)11(2)16;1-10-7-8-13(17)15(9-10)18-14-6-4-3-5-12(14)11(2)16;1-10(15)11-6-2-4-8-13(11)17-14-9-5-3-7-12(14)16/h4-9,12,17-19H,1-3H3;2*3-9,11,16-18H,1-2H3;2-10,15-17H,1H3. The van der Waals surface area contributed by atoms with Crippen molar-refractivity contribution >= 4 is 76.8 Å². The maximum atomic E-state index is 10.2. The Morgan fingerprint density at radius 1 is 0.292 bits per heavy atom. The third kappa shape index (κ3) is 16.8. The number of hydrogen-bond donors (Lipinski definition) is 8. The first-order valence-corrected chi connectivity index (χ1v) is 27.7. The van der Waals surface area contributed by atoms with E-state index in [-0.39, 0.29) is 0 Å². The molecule has 8 atom stereocenters. The molecule has 8 unspecified atom stereocenters. The predicted molar refractivity (Wildman–Crippen MR) is 310 cm³/mol. The molecule has 0 heterocycles. The monoisotopic (exact) mass is 1040 g/mol. The Kier molecular flexibility index (Phi) is 22.4. The summed E-state index contributed by atoms with van der Waals surface area (Å²) in [5.41, 5.74) is 7.77. The van der Waals surface area contributed by atoms with Crippen LogP contribution in [0.15, 0.2) is 170 Å². The molecule has 8 aromatic rings. The molecule has 0 aromatic heterocycles. The van der Waals surface area contributed by atoms with Crippen LogP contribution in [-0.2, 0) is 0 Å². The molecule has 8 rings (SSSR count). The number of aryl methyl sites for hydroxylation is 4. The van der Waals surface area contributed by atoms with Gasteiger partial charge >= 0.3 is 0 Å².